The quantitative estimate of drug-likeness (QED) is 0.747. The van der Waals surface area contributed by atoms with E-state index in [9.17, 15) is 22.8 Å². The van der Waals surface area contributed by atoms with E-state index in [4.69, 9.17) is 0 Å². The molecule has 0 amide bonds. The first-order valence-electron chi connectivity index (χ1n) is 4.50. The summed E-state index contributed by atoms with van der Waals surface area (Å²) in [5.74, 6) is -1.35. The molecule has 0 N–H and O–H groups in total. The van der Waals surface area contributed by atoms with Gasteiger partial charge in [0.25, 0.3) is 0 Å². The molecule has 0 heterocycles. The van der Waals surface area contributed by atoms with E-state index in [1.54, 1.807) is 0 Å². The minimum atomic E-state index is -4.44. The number of benzene rings is 1. The van der Waals surface area contributed by atoms with E-state index in [0.717, 1.165) is 19.1 Å². The molecule has 0 radical (unpaired) electrons. The number of alkyl halides is 3. The van der Waals surface area contributed by atoms with Gasteiger partial charge in [0.1, 0.15) is 0 Å². The van der Waals surface area contributed by atoms with Crippen LogP contribution in [-0.2, 0) is 22.2 Å². The molecule has 0 aliphatic carbocycles. The second kappa shape index (κ2) is 4.47. The summed E-state index contributed by atoms with van der Waals surface area (Å²) in [4.78, 5) is 21.7. The molecule has 0 aliphatic heterocycles. The highest BCUT2D eigenvalue weighted by Crippen LogP contribution is 2.29. The minimum absolute atomic E-state index is 0.190. The van der Waals surface area contributed by atoms with Gasteiger partial charge in [0.15, 0.2) is 5.78 Å². The van der Waals surface area contributed by atoms with Gasteiger partial charge in [0.05, 0.1) is 5.56 Å². The van der Waals surface area contributed by atoms with Crippen molar-refractivity contribution in [3.63, 3.8) is 0 Å². The molecule has 1 aromatic rings. The zero-order valence-electron chi connectivity index (χ0n) is 8.47. The van der Waals surface area contributed by atoms with Gasteiger partial charge in [-0.15, -0.1) is 0 Å². The highest BCUT2D eigenvalue weighted by Gasteiger charge is 2.30. The normalized spacial score (nSPS) is 11.2. The summed E-state index contributed by atoms with van der Waals surface area (Å²) in [5, 5.41) is 0. The molecule has 5 heteroatoms. The van der Waals surface area contributed by atoms with Crippen LogP contribution in [0, 0.1) is 0 Å². The summed E-state index contributed by atoms with van der Waals surface area (Å²) in [6, 6.07) is 4.39. The van der Waals surface area contributed by atoms with Crippen molar-refractivity contribution in [1.29, 1.82) is 0 Å². The molecule has 0 spiro atoms. The Labute approximate surface area is 90.1 Å². The van der Waals surface area contributed by atoms with E-state index in [2.05, 4.69) is 0 Å². The first kappa shape index (κ1) is 12.4. The summed E-state index contributed by atoms with van der Waals surface area (Å²) in [7, 11) is 0. The van der Waals surface area contributed by atoms with Gasteiger partial charge in [-0.05, 0) is 11.6 Å². The number of ketones is 2. The molecular weight excluding hydrogens is 221 g/mol. The van der Waals surface area contributed by atoms with Crippen LogP contribution in [0.15, 0.2) is 24.3 Å². The number of Topliss-reactive ketones (excluding diaryl/α,β-unsaturated/α-hetero) is 2. The predicted octanol–water partition coefficient (Wildman–Crippen LogP) is 2.41. The van der Waals surface area contributed by atoms with Crippen molar-refractivity contribution in [1.82, 2.24) is 0 Å². The Hall–Kier alpha value is -1.65. The zero-order valence-corrected chi connectivity index (χ0v) is 8.47. The summed E-state index contributed by atoms with van der Waals surface area (Å²) < 4.78 is 36.9. The summed E-state index contributed by atoms with van der Waals surface area (Å²) in [6.07, 6.45) is -4.73. The lowest BCUT2D eigenvalue weighted by molar-refractivity contribution is -0.137. The standard InChI is InChI=1S/C11H9F3O2/c1-7(15)10(16)6-8-3-2-4-9(5-8)11(12,13)14/h2-5H,6H2,1H3. The molecule has 0 aliphatic rings. The van der Waals surface area contributed by atoms with Crippen LogP contribution in [-0.4, -0.2) is 11.6 Å². The van der Waals surface area contributed by atoms with E-state index in [1.165, 1.54) is 12.1 Å². The van der Waals surface area contributed by atoms with Crippen LogP contribution in [0.5, 0.6) is 0 Å². The fraction of sp³-hybridized carbons (Fsp3) is 0.273. The second-order valence-electron chi connectivity index (χ2n) is 3.35. The fourth-order valence-corrected chi connectivity index (χ4v) is 1.17. The van der Waals surface area contributed by atoms with Crippen molar-refractivity contribution < 1.29 is 22.8 Å². The number of halogens is 3. The third-order valence-corrected chi connectivity index (χ3v) is 2.01. The van der Waals surface area contributed by atoms with Crippen molar-refractivity contribution >= 4 is 11.6 Å². The van der Waals surface area contributed by atoms with Gasteiger partial charge < -0.3 is 0 Å². The molecule has 1 rings (SSSR count). The van der Waals surface area contributed by atoms with Crippen LogP contribution in [0.2, 0.25) is 0 Å². The number of rotatable bonds is 3. The molecule has 0 atom stereocenters. The number of hydrogen-bond acceptors (Lipinski definition) is 2. The predicted molar refractivity (Wildman–Crippen MR) is 50.8 cm³/mol. The Morgan fingerprint density at radius 1 is 1.25 bits per heavy atom. The number of hydrogen-bond donors (Lipinski definition) is 0. The summed E-state index contributed by atoms with van der Waals surface area (Å²) >= 11 is 0. The zero-order chi connectivity index (χ0) is 12.3. The molecule has 2 nitrogen and oxygen atoms in total. The molecule has 0 saturated heterocycles. The van der Waals surface area contributed by atoms with Crippen LogP contribution in [0.3, 0.4) is 0 Å². The molecule has 0 unspecified atom stereocenters. The van der Waals surface area contributed by atoms with Crippen molar-refractivity contribution in [3.05, 3.63) is 35.4 Å². The maximum absolute atomic E-state index is 12.3. The van der Waals surface area contributed by atoms with E-state index in [-0.39, 0.29) is 12.0 Å². The monoisotopic (exact) mass is 230 g/mol. The van der Waals surface area contributed by atoms with E-state index in [0.29, 0.717) is 0 Å². The molecular formula is C11H9F3O2. The average molecular weight is 230 g/mol. The van der Waals surface area contributed by atoms with Crippen molar-refractivity contribution in [3.8, 4) is 0 Å². The van der Waals surface area contributed by atoms with Crippen LogP contribution < -0.4 is 0 Å². The lowest BCUT2D eigenvalue weighted by Crippen LogP contribution is -2.13. The Bertz CT molecular complexity index is 421. The topological polar surface area (TPSA) is 34.1 Å². The molecule has 0 saturated carbocycles. The van der Waals surface area contributed by atoms with Gasteiger partial charge in [-0.25, -0.2) is 0 Å². The third kappa shape index (κ3) is 3.18. The maximum Gasteiger partial charge on any atom is 0.416 e. The Morgan fingerprint density at radius 3 is 2.38 bits per heavy atom. The summed E-state index contributed by atoms with van der Waals surface area (Å²) in [5.41, 5.74) is -0.628. The SMILES string of the molecule is CC(=O)C(=O)Cc1cccc(C(F)(F)F)c1. The van der Waals surface area contributed by atoms with Crippen LogP contribution in [0.25, 0.3) is 0 Å². The minimum Gasteiger partial charge on any atom is -0.291 e. The molecule has 86 valence electrons. The fourth-order valence-electron chi connectivity index (χ4n) is 1.17. The van der Waals surface area contributed by atoms with Crippen molar-refractivity contribution in [2.75, 3.05) is 0 Å². The van der Waals surface area contributed by atoms with E-state index in [1.807, 2.05) is 0 Å². The van der Waals surface area contributed by atoms with Gasteiger partial charge >= 0.3 is 6.18 Å². The van der Waals surface area contributed by atoms with Gasteiger partial charge in [-0.2, -0.15) is 13.2 Å². The molecule has 0 bridgehead atoms. The highest BCUT2D eigenvalue weighted by molar-refractivity contribution is 6.36. The largest absolute Gasteiger partial charge is 0.416 e. The van der Waals surface area contributed by atoms with Gasteiger partial charge in [0.2, 0.25) is 5.78 Å². The Kier molecular flexibility index (Phi) is 3.47. The first-order chi connectivity index (χ1) is 7.30. The lowest BCUT2D eigenvalue weighted by Gasteiger charge is -2.07. The van der Waals surface area contributed by atoms with Crippen LogP contribution in [0.4, 0.5) is 13.2 Å². The van der Waals surface area contributed by atoms with Crippen molar-refractivity contribution in [2.45, 2.75) is 19.5 Å². The lowest BCUT2D eigenvalue weighted by atomic mass is 10.0. The molecule has 1 aromatic carbocycles. The van der Waals surface area contributed by atoms with Gasteiger partial charge in [-0.1, -0.05) is 18.2 Å². The number of carbonyl (C=O) groups excluding carboxylic acids is 2. The third-order valence-electron chi connectivity index (χ3n) is 2.01. The maximum atomic E-state index is 12.3. The molecule has 0 aromatic heterocycles. The Balaban J connectivity index is 2.92. The Morgan fingerprint density at radius 2 is 1.88 bits per heavy atom. The number of carbonyl (C=O) groups is 2. The summed E-state index contributed by atoms with van der Waals surface area (Å²) in [6.45, 7) is 1.09. The van der Waals surface area contributed by atoms with Crippen LogP contribution in [0.1, 0.15) is 18.1 Å². The smallest absolute Gasteiger partial charge is 0.291 e. The highest BCUT2D eigenvalue weighted by atomic mass is 19.4. The molecule has 0 fully saturated rings. The van der Waals surface area contributed by atoms with Crippen molar-refractivity contribution in [2.24, 2.45) is 0 Å². The molecule has 16 heavy (non-hydrogen) atoms. The van der Waals surface area contributed by atoms with E-state index < -0.39 is 23.3 Å². The second-order valence-corrected chi connectivity index (χ2v) is 3.35. The van der Waals surface area contributed by atoms with Gasteiger partial charge in [0, 0.05) is 13.3 Å². The van der Waals surface area contributed by atoms with Crippen LogP contribution >= 0.6 is 0 Å². The first-order valence-corrected chi connectivity index (χ1v) is 4.50. The average Bonchev–Trinajstić information content (AvgIpc) is 2.16. The van der Waals surface area contributed by atoms with Gasteiger partial charge in [-0.3, -0.25) is 9.59 Å². The van der Waals surface area contributed by atoms with E-state index >= 15 is 0 Å².